The van der Waals surface area contributed by atoms with E-state index < -0.39 is 0 Å². The average molecular weight is 389 g/mol. The molecular weight excluding hydrogens is 366 g/mol. The number of carbonyl (C=O) groups is 4. The van der Waals surface area contributed by atoms with Crippen LogP contribution in [-0.2, 0) is 20.9 Å². The van der Waals surface area contributed by atoms with Gasteiger partial charge in [0.05, 0.1) is 18.2 Å². The van der Waals surface area contributed by atoms with Crippen LogP contribution in [0.15, 0.2) is 24.3 Å². The summed E-state index contributed by atoms with van der Waals surface area (Å²) < 4.78 is 0. The van der Waals surface area contributed by atoms with Crippen molar-refractivity contribution in [2.75, 3.05) is 24.2 Å². The minimum atomic E-state index is -0.221. The van der Waals surface area contributed by atoms with Crippen LogP contribution in [0.2, 0.25) is 0 Å². The van der Waals surface area contributed by atoms with Gasteiger partial charge in [-0.3, -0.25) is 24.1 Å². The van der Waals surface area contributed by atoms with Gasteiger partial charge >= 0.3 is 0 Å². The van der Waals surface area contributed by atoms with Crippen LogP contribution in [0.1, 0.15) is 31.7 Å². The number of rotatable bonds is 5. The largest absolute Gasteiger partial charge is 0.342 e. The van der Waals surface area contributed by atoms with E-state index in [-0.39, 0.29) is 41.2 Å². The average Bonchev–Trinajstić information content (AvgIpc) is 3.00. The number of nitrogens with one attached hydrogen (secondary N) is 1. The first kappa shape index (κ1) is 19.4. The van der Waals surface area contributed by atoms with Gasteiger partial charge in [0.25, 0.3) is 5.24 Å². The molecule has 8 heteroatoms. The molecule has 1 unspecified atom stereocenters. The van der Waals surface area contributed by atoms with Crippen LogP contribution < -0.4 is 5.32 Å². The topological polar surface area (TPSA) is 86.8 Å². The fourth-order valence-electron chi connectivity index (χ4n) is 3.30. The zero-order valence-electron chi connectivity index (χ0n) is 15.3. The molecule has 2 heterocycles. The molecule has 0 spiro atoms. The Hall–Kier alpha value is -2.35. The van der Waals surface area contributed by atoms with Crippen molar-refractivity contribution in [3.05, 3.63) is 29.8 Å². The number of amides is 4. The second-order valence-corrected chi connectivity index (χ2v) is 7.68. The number of hydrogen-bond acceptors (Lipinski definition) is 5. The molecule has 27 heavy (non-hydrogen) atoms. The van der Waals surface area contributed by atoms with E-state index in [9.17, 15) is 19.2 Å². The Morgan fingerprint density at radius 1 is 1.22 bits per heavy atom. The summed E-state index contributed by atoms with van der Waals surface area (Å²) in [7, 11) is 0. The van der Waals surface area contributed by atoms with Gasteiger partial charge in [0.1, 0.15) is 0 Å². The molecule has 144 valence electrons. The van der Waals surface area contributed by atoms with Gasteiger partial charge in [-0.1, -0.05) is 30.8 Å². The predicted octanol–water partition coefficient (Wildman–Crippen LogP) is 2.47. The number of thioether (sulfide) groups is 1. The SMILES string of the molecule is CCC(=O)N1CCCC(C(=O)Nc2ccc(CN3C(=O)CSC3=O)cc2)C1. The van der Waals surface area contributed by atoms with Crippen LogP contribution in [0.3, 0.4) is 0 Å². The number of benzene rings is 1. The van der Waals surface area contributed by atoms with Gasteiger partial charge in [-0.15, -0.1) is 0 Å². The number of nitrogens with zero attached hydrogens (tertiary/aromatic N) is 2. The molecule has 2 fully saturated rings. The predicted molar refractivity (Wildman–Crippen MR) is 103 cm³/mol. The summed E-state index contributed by atoms with van der Waals surface area (Å²) in [6.07, 6.45) is 2.06. The third-order valence-electron chi connectivity index (χ3n) is 4.85. The van der Waals surface area contributed by atoms with Crippen molar-refractivity contribution in [3.63, 3.8) is 0 Å². The second kappa shape index (κ2) is 8.56. The summed E-state index contributed by atoms with van der Waals surface area (Å²) in [6, 6.07) is 7.13. The minimum absolute atomic E-state index is 0.0843. The van der Waals surface area contributed by atoms with Crippen molar-refractivity contribution >= 4 is 40.4 Å². The van der Waals surface area contributed by atoms with Gasteiger partial charge in [0, 0.05) is 25.2 Å². The van der Waals surface area contributed by atoms with Crippen molar-refractivity contribution in [1.82, 2.24) is 9.80 Å². The molecule has 1 aromatic carbocycles. The maximum atomic E-state index is 12.5. The third kappa shape index (κ3) is 4.68. The van der Waals surface area contributed by atoms with E-state index >= 15 is 0 Å². The normalized spacial score (nSPS) is 20.1. The highest BCUT2D eigenvalue weighted by atomic mass is 32.2. The quantitative estimate of drug-likeness (QED) is 0.836. The first-order valence-electron chi connectivity index (χ1n) is 9.12. The second-order valence-electron chi connectivity index (χ2n) is 6.75. The van der Waals surface area contributed by atoms with Gasteiger partial charge in [0.2, 0.25) is 17.7 Å². The Morgan fingerprint density at radius 3 is 2.59 bits per heavy atom. The van der Waals surface area contributed by atoms with E-state index in [1.54, 1.807) is 29.2 Å². The van der Waals surface area contributed by atoms with E-state index in [1.807, 2.05) is 6.92 Å². The fraction of sp³-hybridized carbons (Fsp3) is 0.474. The molecule has 1 aromatic rings. The molecule has 3 rings (SSSR count). The van der Waals surface area contributed by atoms with Crippen LogP contribution in [0.25, 0.3) is 0 Å². The van der Waals surface area contributed by atoms with E-state index in [0.29, 0.717) is 18.7 Å². The molecular formula is C19H23N3O4S. The Bertz CT molecular complexity index is 734. The highest BCUT2D eigenvalue weighted by molar-refractivity contribution is 8.14. The number of likely N-dealkylation sites (tertiary alicyclic amines) is 1. The Kier molecular flexibility index (Phi) is 6.15. The van der Waals surface area contributed by atoms with E-state index in [0.717, 1.165) is 36.7 Å². The number of piperidine rings is 1. The highest BCUT2D eigenvalue weighted by Gasteiger charge is 2.30. The molecule has 0 saturated carbocycles. The van der Waals surface area contributed by atoms with Crippen molar-refractivity contribution in [3.8, 4) is 0 Å². The van der Waals surface area contributed by atoms with Crippen molar-refractivity contribution < 1.29 is 19.2 Å². The zero-order valence-corrected chi connectivity index (χ0v) is 16.1. The van der Waals surface area contributed by atoms with Gasteiger partial charge < -0.3 is 10.2 Å². The summed E-state index contributed by atoms with van der Waals surface area (Å²) in [5.41, 5.74) is 1.49. The van der Waals surface area contributed by atoms with Crippen LogP contribution in [0.5, 0.6) is 0 Å². The maximum Gasteiger partial charge on any atom is 0.289 e. The lowest BCUT2D eigenvalue weighted by Crippen LogP contribution is -2.43. The third-order valence-corrected chi connectivity index (χ3v) is 5.71. The lowest BCUT2D eigenvalue weighted by Gasteiger charge is -2.31. The first-order valence-corrected chi connectivity index (χ1v) is 10.1. The smallest absolute Gasteiger partial charge is 0.289 e. The Balaban J connectivity index is 1.56. The minimum Gasteiger partial charge on any atom is -0.342 e. The molecule has 2 aliphatic heterocycles. The van der Waals surface area contributed by atoms with Crippen LogP contribution in [-0.4, -0.2) is 51.6 Å². The lowest BCUT2D eigenvalue weighted by atomic mass is 9.96. The fourth-order valence-corrected chi connectivity index (χ4v) is 4.02. The molecule has 4 amide bonds. The first-order chi connectivity index (χ1) is 13.0. The molecule has 2 aliphatic rings. The monoisotopic (exact) mass is 389 g/mol. The standard InChI is InChI=1S/C19H23N3O4S/c1-2-16(23)21-9-3-4-14(11-21)18(25)20-15-7-5-13(6-8-15)10-22-17(24)12-27-19(22)26/h5-8,14H,2-4,9-12H2,1H3,(H,20,25). The van der Waals surface area contributed by atoms with Crippen molar-refractivity contribution in [2.24, 2.45) is 5.92 Å². The van der Waals surface area contributed by atoms with Crippen molar-refractivity contribution in [2.45, 2.75) is 32.7 Å². The molecule has 0 aromatic heterocycles. The lowest BCUT2D eigenvalue weighted by molar-refractivity contribution is -0.134. The van der Waals surface area contributed by atoms with Crippen LogP contribution >= 0.6 is 11.8 Å². The van der Waals surface area contributed by atoms with Gasteiger partial charge in [-0.05, 0) is 30.5 Å². The molecule has 2 saturated heterocycles. The van der Waals surface area contributed by atoms with Crippen molar-refractivity contribution in [1.29, 1.82) is 0 Å². The number of hydrogen-bond donors (Lipinski definition) is 1. The summed E-state index contributed by atoms with van der Waals surface area (Å²) >= 11 is 1.02. The molecule has 0 bridgehead atoms. The molecule has 7 nitrogen and oxygen atoms in total. The molecule has 1 atom stereocenters. The maximum absolute atomic E-state index is 12.5. The Labute approximate surface area is 162 Å². The summed E-state index contributed by atoms with van der Waals surface area (Å²) in [6.45, 7) is 3.26. The highest BCUT2D eigenvalue weighted by Crippen LogP contribution is 2.23. The van der Waals surface area contributed by atoms with Gasteiger partial charge in [-0.25, -0.2) is 0 Å². The van der Waals surface area contributed by atoms with E-state index in [4.69, 9.17) is 0 Å². The summed E-state index contributed by atoms with van der Waals surface area (Å²) in [5, 5.41) is 2.68. The van der Waals surface area contributed by atoms with Crippen LogP contribution in [0, 0.1) is 5.92 Å². The Morgan fingerprint density at radius 2 is 1.96 bits per heavy atom. The number of carbonyl (C=O) groups excluding carboxylic acids is 4. The van der Waals surface area contributed by atoms with E-state index in [1.165, 1.54) is 4.90 Å². The summed E-state index contributed by atoms with van der Waals surface area (Å²) in [5.74, 6) is -0.179. The zero-order chi connectivity index (χ0) is 19.4. The molecule has 0 radical (unpaired) electrons. The molecule has 0 aliphatic carbocycles. The van der Waals surface area contributed by atoms with Crippen LogP contribution in [0.4, 0.5) is 10.5 Å². The van der Waals surface area contributed by atoms with Gasteiger partial charge in [-0.2, -0.15) is 0 Å². The number of imide groups is 1. The van der Waals surface area contributed by atoms with Gasteiger partial charge in [0.15, 0.2) is 0 Å². The number of anilines is 1. The molecule has 1 N–H and O–H groups in total. The van der Waals surface area contributed by atoms with E-state index in [2.05, 4.69) is 5.32 Å². The summed E-state index contributed by atoms with van der Waals surface area (Å²) in [4.78, 5) is 50.7.